The number of hydrogen-bond acceptors (Lipinski definition) is 16. The molecule has 6 rings (SSSR count). The van der Waals surface area contributed by atoms with Gasteiger partial charge in [0.1, 0.15) is 30.8 Å². The zero-order valence-corrected chi connectivity index (χ0v) is 62.5. The summed E-state index contributed by atoms with van der Waals surface area (Å²) in [6.45, 7) is 18.9. The number of amides is 12. The standard InChI is InChI=1S/C76H112N12O15/c1-15-49(8)65(58(101-13)42-61(91)87-41-25-32-57(87)67(102-14)50(9)68(93)79-51(10)66(92)54-29-20-17-21-30-54)84(11)72(97)63(47(4)5)82-71(96)64(48(6)7)85(12)75(100)103-43-53-33-35-55(36-34-53)80-69(94)56(31-24-39-78-74(77)99)81-70(95)62(46(2)3)83-73(98)76(88-59(89)37-38-60(88)90)44-86(45-76)40-23-22-28-52-26-18-16-19-27-52/h16-21,26-27,29-30,33-38,46-51,56-58,62-67,92H,15,22-25,28,31-32,39-45H2,1-14H3,(H,79,93)(H,80,94)(H,81,95)(H,82,96)(H,83,98)(H3,77,78,99)/t49-,50+,51+,56-,57-,58+,62-,63-,64-,65-,66+,67+/m0/s1. The number of carbonyl (C=O) groups is 11. The number of methoxy groups -OCH3 is 2. The number of nitrogens with one attached hydrogen (secondary N) is 6. The molecule has 3 aliphatic rings. The summed E-state index contributed by atoms with van der Waals surface area (Å²) in [5.41, 5.74) is 6.39. The average molecular weight is 1430 g/mol. The van der Waals surface area contributed by atoms with E-state index in [9.17, 15) is 57.8 Å². The first-order valence-corrected chi connectivity index (χ1v) is 36.1. The van der Waals surface area contributed by atoms with Crippen molar-refractivity contribution in [2.75, 3.05) is 66.4 Å². The third-order valence-electron chi connectivity index (χ3n) is 20.2. The number of ether oxygens (including phenoxy) is 3. The van der Waals surface area contributed by atoms with Crippen LogP contribution in [-0.4, -0.2) is 216 Å². The van der Waals surface area contributed by atoms with Crippen LogP contribution in [-0.2, 0) is 70.4 Å². The minimum absolute atomic E-state index is 0.0227. The molecular formula is C76H112N12O15. The van der Waals surface area contributed by atoms with E-state index in [4.69, 9.17) is 19.9 Å². The van der Waals surface area contributed by atoms with Crippen LogP contribution in [0.1, 0.15) is 143 Å². The van der Waals surface area contributed by atoms with Crippen LogP contribution in [0.15, 0.2) is 97.1 Å². The number of primary amides is 1. The van der Waals surface area contributed by atoms with E-state index in [2.05, 4.69) is 44.0 Å². The summed E-state index contributed by atoms with van der Waals surface area (Å²) in [6, 6.07) is 18.4. The fraction of sp³-hybridized carbons (Fsp3) is 0.592. The molecule has 0 radical (unpaired) electrons. The van der Waals surface area contributed by atoms with E-state index in [1.165, 1.54) is 31.7 Å². The van der Waals surface area contributed by atoms with Gasteiger partial charge in [0, 0.05) is 72.3 Å². The average Bonchev–Trinajstić information content (AvgIpc) is 1.72. The van der Waals surface area contributed by atoms with Gasteiger partial charge in [-0.25, -0.2) is 9.59 Å². The molecule has 0 aliphatic carbocycles. The van der Waals surface area contributed by atoms with Gasteiger partial charge < -0.3 is 66.8 Å². The number of aliphatic hydroxyl groups excluding tert-OH is 1. The number of nitrogens with two attached hydrogens (primary N) is 1. The molecular weight excluding hydrogens is 1320 g/mol. The van der Waals surface area contributed by atoms with Crippen LogP contribution < -0.4 is 37.6 Å². The van der Waals surface area contributed by atoms with Crippen LogP contribution in [0.2, 0.25) is 0 Å². The Kier molecular flexibility index (Phi) is 31.6. The Hall–Kier alpha value is -8.79. The maximum absolute atomic E-state index is 14.9. The molecule has 27 heteroatoms. The summed E-state index contributed by atoms with van der Waals surface area (Å²) >= 11 is 0. The first-order valence-electron chi connectivity index (χ1n) is 36.1. The van der Waals surface area contributed by atoms with Crippen molar-refractivity contribution in [3.05, 3.63) is 114 Å². The summed E-state index contributed by atoms with van der Waals surface area (Å²) in [5, 5.41) is 27.7. The minimum atomic E-state index is -1.59. The Morgan fingerprint density at radius 1 is 0.689 bits per heavy atom. The third-order valence-corrected chi connectivity index (χ3v) is 20.2. The van der Waals surface area contributed by atoms with Gasteiger partial charge in [0.05, 0.1) is 48.8 Å². The first-order chi connectivity index (χ1) is 48.9. The first kappa shape index (κ1) is 83.2. The largest absolute Gasteiger partial charge is 0.445 e. The molecule has 9 N–H and O–H groups in total. The minimum Gasteiger partial charge on any atom is -0.445 e. The van der Waals surface area contributed by atoms with Crippen molar-refractivity contribution in [2.24, 2.45) is 35.3 Å². The monoisotopic (exact) mass is 1430 g/mol. The molecule has 27 nitrogen and oxygen atoms in total. The third kappa shape index (κ3) is 22.1. The number of urea groups is 1. The zero-order chi connectivity index (χ0) is 76.0. The zero-order valence-electron chi connectivity index (χ0n) is 62.5. The number of benzene rings is 3. The van der Waals surface area contributed by atoms with Crippen molar-refractivity contribution in [1.82, 2.24) is 51.1 Å². The van der Waals surface area contributed by atoms with Gasteiger partial charge in [-0.2, -0.15) is 0 Å². The SMILES string of the molecule is CC[C@H](C)[C@@H]([C@@H](CC(=O)N1CCC[C@H]1[C@H](OC)[C@@H](C)C(=O)N[C@H](C)[C@@H](O)c1ccccc1)OC)N(C)C(=O)[C@@H](NC(=O)[C@H](C(C)C)N(C)C(=O)OCc1ccc(NC(=O)[C@H](CCCNC(N)=O)NC(=O)[C@@H](NC(=O)C2(N3C(=O)C=CC3=O)CN(CCCCc3ccccc3)C2)C(C)C)cc1)C(C)C. The Labute approximate surface area is 606 Å². The normalized spacial score (nSPS) is 18.3. The Balaban J connectivity index is 1.05. The maximum atomic E-state index is 14.9. The molecule has 566 valence electrons. The number of nitrogens with zero attached hydrogens (tertiary/aromatic N) is 5. The quantitative estimate of drug-likeness (QED) is 0.0255. The Morgan fingerprint density at radius 3 is 1.88 bits per heavy atom. The summed E-state index contributed by atoms with van der Waals surface area (Å²) < 4.78 is 17.8. The molecule has 0 saturated carbocycles. The van der Waals surface area contributed by atoms with Gasteiger partial charge in [0.25, 0.3) is 11.8 Å². The highest BCUT2D eigenvalue weighted by Crippen LogP contribution is 2.34. The molecule has 3 aromatic rings. The molecule has 103 heavy (non-hydrogen) atoms. The number of rotatable bonds is 39. The van der Waals surface area contributed by atoms with Crippen molar-refractivity contribution in [2.45, 2.75) is 200 Å². The van der Waals surface area contributed by atoms with E-state index < -0.39 is 143 Å². The number of likely N-dealkylation sites (tertiary alicyclic amines) is 2. The van der Waals surface area contributed by atoms with E-state index >= 15 is 0 Å². The van der Waals surface area contributed by atoms with E-state index in [1.807, 2.05) is 55.1 Å². The number of anilines is 1. The molecule has 2 fully saturated rings. The van der Waals surface area contributed by atoms with Gasteiger partial charge in [-0.1, -0.05) is 142 Å². The van der Waals surface area contributed by atoms with E-state index in [0.717, 1.165) is 36.3 Å². The molecule has 0 aromatic heterocycles. The number of aryl methyl sites for hydroxylation is 1. The Morgan fingerprint density at radius 2 is 1.31 bits per heavy atom. The van der Waals surface area contributed by atoms with E-state index in [0.29, 0.717) is 49.2 Å². The second-order valence-electron chi connectivity index (χ2n) is 28.7. The lowest BCUT2D eigenvalue weighted by Crippen LogP contribution is -2.78. The topological polar surface area (TPSA) is 350 Å². The number of unbranched alkanes of at least 4 members (excludes halogenated alkanes) is 1. The molecule has 2 saturated heterocycles. The van der Waals surface area contributed by atoms with Gasteiger partial charge in [-0.3, -0.25) is 57.9 Å². The maximum Gasteiger partial charge on any atom is 0.410 e. The van der Waals surface area contributed by atoms with Gasteiger partial charge in [0.15, 0.2) is 5.54 Å². The van der Waals surface area contributed by atoms with Gasteiger partial charge in [-0.15, -0.1) is 0 Å². The van der Waals surface area contributed by atoms with Crippen molar-refractivity contribution in [3.8, 4) is 0 Å². The summed E-state index contributed by atoms with van der Waals surface area (Å²) in [7, 11) is 6.07. The second-order valence-corrected chi connectivity index (χ2v) is 28.7. The fourth-order valence-electron chi connectivity index (χ4n) is 14.1. The van der Waals surface area contributed by atoms with Crippen LogP contribution in [0.5, 0.6) is 0 Å². The smallest absolute Gasteiger partial charge is 0.410 e. The molecule has 3 aliphatic heterocycles. The van der Waals surface area contributed by atoms with E-state index in [-0.39, 0.29) is 63.2 Å². The number of aliphatic hydroxyl groups is 1. The van der Waals surface area contributed by atoms with Crippen molar-refractivity contribution in [3.63, 3.8) is 0 Å². The lowest BCUT2D eigenvalue weighted by atomic mass is 9.85. The summed E-state index contributed by atoms with van der Waals surface area (Å²) in [6.07, 6.45) is 3.55. The van der Waals surface area contributed by atoms with Crippen LogP contribution >= 0.6 is 0 Å². The highest BCUT2D eigenvalue weighted by Gasteiger charge is 2.58. The number of likely N-dealkylation sites (N-methyl/N-ethyl adjacent to an activating group) is 2. The van der Waals surface area contributed by atoms with Crippen LogP contribution in [0.25, 0.3) is 0 Å². The van der Waals surface area contributed by atoms with Gasteiger partial charge in [0.2, 0.25) is 41.4 Å². The lowest BCUT2D eigenvalue weighted by Gasteiger charge is -2.52. The van der Waals surface area contributed by atoms with Crippen molar-refractivity contribution >= 4 is 71.0 Å². The molecule has 12 atom stereocenters. The van der Waals surface area contributed by atoms with Crippen LogP contribution in [0, 0.1) is 29.6 Å². The van der Waals surface area contributed by atoms with Crippen molar-refractivity contribution in [1.29, 1.82) is 0 Å². The van der Waals surface area contributed by atoms with Gasteiger partial charge in [-0.05, 0) is 111 Å². The fourth-order valence-corrected chi connectivity index (χ4v) is 14.1. The van der Waals surface area contributed by atoms with Crippen molar-refractivity contribution < 1.29 is 72.1 Å². The summed E-state index contributed by atoms with van der Waals surface area (Å²) in [4.78, 5) is 160. The molecule has 0 bridgehead atoms. The van der Waals surface area contributed by atoms with Crippen LogP contribution in [0.3, 0.4) is 0 Å². The predicted molar refractivity (Wildman–Crippen MR) is 389 cm³/mol. The van der Waals surface area contributed by atoms with E-state index in [1.54, 1.807) is 109 Å². The molecule has 12 amide bonds. The number of carbonyl (C=O) groups excluding carboxylic acids is 11. The summed E-state index contributed by atoms with van der Waals surface area (Å²) in [5.74, 6) is -7.22. The van der Waals surface area contributed by atoms with Crippen LogP contribution in [0.4, 0.5) is 15.3 Å². The lowest BCUT2D eigenvalue weighted by molar-refractivity contribution is -0.164. The highest BCUT2D eigenvalue weighted by atomic mass is 16.6. The highest BCUT2D eigenvalue weighted by molar-refractivity contribution is 6.16. The molecule has 0 spiro atoms. The molecule has 3 heterocycles. The number of imide groups is 1. The number of hydrogen-bond donors (Lipinski definition) is 8. The van der Waals surface area contributed by atoms with Gasteiger partial charge >= 0.3 is 12.1 Å². The predicted octanol–water partition coefficient (Wildman–Crippen LogP) is 5.59. The molecule has 3 aromatic carbocycles. The molecule has 0 unspecified atom stereocenters. The second kappa shape index (κ2) is 39.2. The Bertz CT molecular complexity index is 3370.